The second-order valence-corrected chi connectivity index (χ2v) is 6.35. The molecule has 0 saturated carbocycles. The van der Waals surface area contributed by atoms with Gasteiger partial charge in [0.1, 0.15) is 0 Å². The van der Waals surface area contributed by atoms with Crippen LogP contribution >= 0.6 is 0 Å². The first kappa shape index (κ1) is 17.1. The normalized spacial score (nSPS) is 12.3. The van der Waals surface area contributed by atoms with E-state index < -0.39 is 0 Å². The van der Waals surface area contributed by atoms with Crippen LogP contribution in [0.25, 0.3) is 0 Å². The van der Waals surface area contributed by atoms with Crippen LogP contribution in [0.2, 0.25) is 0 Å². The van der Waals surface area contributed by atoms with Crippen LogP contribution in [0.1, 0.15) is 32.9 Å². The number of aromatic nitrogens is 3. The third kappa shape index (κ3) is 8.24. The van der Waals surface area contributed by atoms with Crippen LogP contribution in [0.4, 0.5) is 0 Å². The zero-order chi connectivity index (χ0) is 15.0. The van der Waals surface area contributed by atoms with E-state index in [4.69, 9.17) is 4.74 Å². The van der Waals surface area contributed by atoms with Gasteiger partial charge < -0.3 is 15.0 Å². The van der Waals surface area contributed by atoms with Crippen molar-refractivity contribution in [3.05, 3.63) is 11.9 Å². The fraction of sp³-hybridized carbons (Fsp3) is 0.857. The van der Waals surface area contributed by atoms with Crippen LogP contribution in [0.5, 0.6) is 0 Å². The van der Waals surface area contributed by atoms with Crippen molar-refractivity contribution < 1.29 is 4.74 Å². The van der Waals surface area contributed by atoms with Gasteiger partial charge in [0.25, 0.3) is 0 Å². The van der Waals surface area contributed by atoms with Crippen LogP contribution in [0.15, 0.2) is 6.20 Å². The molecule has 0 amide bonds. The van der Waals surface area contributed by atoms with Gasteiger partial charge in [0.2, 0.25) is 0 Å². The number of nitrogens with zero attached hydrogens (tertiary/aromatic N) is 4. The van der Waals surface area contributed by atoms with E-state index in [9.17, 15) is 0 Å². The van der Waals surface area contributed by atoms with E-state index in [1.54, 1.807) is 0 Å². The summed E-state index contributed by atoms with van der Waals surface area (Å²) < 4.78 is 7.42. The van der Waals surface area contributed by atoms with Gasteiger partial charge in [-0.25, -0.2) is 4.68 Å². The average molecular weight is 283 g/mol. The summed E-state index contributed by atoms with van der Waals surface area (Å²) in [6, 6.07) is 0. The SMILES string of the molecule is CN(C)CCCOCCn1cc(CNC(C)(C)C)nn1. The summed E-state index contributed by atoms with van der Waals surface area (Å²) in [7, 11) is 4.14. The lowest BCUT2D eigenvalue weighted by Crippen LogP contribution is -2.35. The number of rotatable bonds is 9. The predicted octanol–water partition coefficient (Wildman–Crippen LogP) is 1.13. The standard InChI is InChI=1S/C14H29N5O/c1-14(2,3)15-11-13-12-19(17-16-13)8-10-20-9-6-7-18(4)5/h12,15H,6-11H2,1-5H3. The van der Waals surface area contributed by atoms with Crippen molar-refractivity contribution in [2.75, 3.05) is 33.9 Å². The Morgan fingerprint density at radius 3 is 2.70 bits per heavy atom. The molecule has 1 aromatic heterocycles. The highest BCUT2D eigenvalue weighted by molar-refractivity contribution is 4.92. The largest absolute Gasteiger partial charge is 0.379 e. The number of nitrogens with one attached hydrogen (secondary N) is 1. The van der Waals surface area contributed by atoms with Gasteiger partial charge in [-0.05, 0) is 47.8 Å². The first-order chi connectivity index (χ1) is 9.37. The molecular formula is C14H29N5O. The van der Waals surface area contributed by atoms with E-state index in [1.165, 1.54) is 0 Å². The Labute approximate surface area is 122 Å². The zero-order valence-corrected chi connectivity index (χ0v) is 13.5. The van der Waals surface area contributed by atoms with E-state index in [-0.39, 0.29) is 5.54 Å². The molecule has 0 saturated heterocycles. The fourth-order valence-electron chi connectivity index (χ4n) is 1.63. The monoisotopic (exact) mass is 283 g/mol. The van der Waals surface area contributed by atoms with E-state index in [0.29, 0.717) is 6.61 Å². The minimum atomic E-state index is 0.0966. The van der Waals surface area contributed by atoms with E-state index in [1.807, 2.05) is 10.9 Å². The predicted molar refractivity (Wildman–Crippen MR) is 80.6 cm³/mol. The zero-order valence-electron chi connectivity index (χ0n) is 13.5. The van der Waals surface area contributed by atoms with Crippen molar-refractivity contribution in [2.24, 2.45) is 0 Å². The Kier molecular flexibility index (Phi) is 7.12. The lowest BCUT2D eigenvalue weighted by Gasteiger charge is -2.19. The highest BCUT2D eigenvalue weighted by atomic mass is 16.5. The average Bonchev–Trinajstić information content (AvgIpc) is 2.78. The minimum Gasteiger partial charge on any atom is -0.379 e. The fourth-order valence-corrected chi connectivity index (χ4v) is 1.63. The van der Waals surface area contributed by atoms with E-state index >= 15 is 0 Å². The van der Waals surface area contributed by atoms with Crippen LogP contribution in [-0.4, -0.2) is 59.3 Å². The topological polar surface area (TPSA) is 55.2 Å². The van der Waals surface area contributed by atoms with Crippen molar-refractivity contribution >= 4 is 0 Å². The Morgan fingerprint density at radius 1 is 1.30 bits per heavy atom. The molecule has 0 aliphatic heterocycles. The molecule has 1 N–H and O–H groups in total. The van der Waals surface area contributed by atoms with Gasteiger partial charge in [0, 0.05) is 24.9 Å². The summed E-state index contributed by atoms with van der Waals surface area (Å²) in [4.78, 5) is 2.16. The second-order valence-electron chi connectivity index (χ2n) is 6.35. The molecule has 1 aromatic rings. The molecule has 0 spiro atoms. The van der Waals surface area contributed by atoms with Crippen LogP contribution < -0.4 is 5.32 Å². The highest BCUT2D eigenvalue weighted by Crippen LogP contribution is 2.01. The summed E-state index contributed by atoms with van der Waals surface area (Å²) in [5, 5.41) is 11.6. The summed E-state index contributed by atoms with van der Waals surface area (Å²) in [5.74, 6) is 0. The maximum Gasteiger partial charge on any atom is 0.0965 e. The molecule has 6 heteroatoms. The summed E-state index contributed by atoms with van der Waals surface area (Å²) in [6.45, 7) is 10.5. The smallest absolute Gasteiger partial charge is 0.0965 e. The first-order valence-electron chi connectivity index (χ1n) is 7.23. The van der Waals surface area contributed by atoms with Gasteiger partial charge in [0.05, 0.1) is 18.8 Å². The maximum absolute atomic E-state index is 5.58. The van der Waals surface area contributed by atoms with Crippen LogP contribution in [-0.2, 0) is 17.8 Å². The molecule has 1 heterocycles. The van der Waals surface area contributed by atoms with Gasteiger partial charge in [0.15, 0.2) is 0 Å². The summed E-state index contributed by atoms with van der Waals surface area (Å²) in [6.07, 6.45) is 3.03. The molecule has 0 radical (unpaired) electrons. The molecule has 0 atom stereocenters. The van der Waals surface area contributed by atoms with Crippen molar-refractivity contribution in [1.82, 2.24) is 25.2 Å². The first-order valence-corrected chi connectivity index (χ1v) is 7.23. The summed E-state index contributed by atoms with van der Waals surface area (Å²) in [5.41, 5.74) is 1.06. The number of hydrogen-bond donors (Lipinski definition) is 1. The van der Waals surface area contributed by atoms with Gasteiger partial charge in [-0.2, -0.15) is 0 Å². The van der Waals surface area contributed by atoms with Gasteiger partial charge in [-0.3, -0.25) is 0 Å². The quantitative estimate of drug-likeness (QED) is 0.689. The molecule has 0 aromatic carbocycles. The lowest BCUT2D eigenvalue weighted by molar-refractivity contribution is 0.116. The van der Waals surface area contributed by atoms with Gasteiger partial charge >= 0.3 is 0 Å². The highest BCUT2D eigenvalue weighted by Gasteiger charge is 2.09. The molecule has 0 unspecified atom stereocenters. The Morgan fingerprint density at radius 2 is 2.05 bits per heavy atom. The molecule has 20 heavy (non-hydrogen) atoms. The number of ether oxygens (including phenoxy) is 1. The molecule has 0 aliphatic rings. The second kappa shape index (κ2) is 8.34. The third-order valence-electron chi connectivity index (χ3n) is 2.74. The van der Waals surface area contributed by atoms with Gasteiger partial charge in [-0.1, -0.05) is 5.21 Å². The minimum absolute atomic E-state index is 0.0966. The Hall–Kier alpha value is -0.980. The Bertz CT molecular complexity index is 370. The molecule has 0 aliphatic carbocycles. The van der Waals surface area contributed by atoms with E-state index in [0.717, 1.165) is 38.4 Å². The van der Waals surface area contributed by atoms with Gasteiger partial charge in [-0.15, -0.1) is 5.10 Å². The number of hydrogen-bond acceptors (Lipinski definition) is 5. The molecule has 1 rings (SSSR count). The molecule has 116 valence electrons. The van der Waals surface area contributed by atoms with Crippen LogP contribution in [0, 0.1) is 0 Å². The van der Waals surface area contributed by atoms with Crippen LogP contribution in [0.3, 0.4) is 0 Å². The molecule has 0 fully saturated rings. The Balaban J connectivity index is 2.14. The lowest BCUT2D eigenvalue weighted by atomic mass is 10.1. The maximum atomic E-state index is 5.58. The van der Waals surface area contributed by atoms with Crippen molar-refractivity contribution in [3.8, 4) is 0 Å². The molecular weight excluding hydrogens is 254 g/mol. The molecule has 0 bridgehead atoms. The van der Waals surface area contributed by atoms with E-state index in [2.05, 4.69) is 55.4 Å². The van der Waals surface area contributed by atoms with Crippen molar-refractivity contribution in [2.45, 2.75) is 45.8 Å². The third-order valence-corrected chi connectivity index (χ3v) is 2.74. The van der Waals surface area contributed by atoms with Crippen molar-refractivity contribution in [3.63, 3.8) is 0 Å². The van der Waals surface area contributed by atoms with Crippen molar-refractivity contribution in [1.29, 1.82) is 0 Å². The molecule has 6 nitrogen and oxygen atoms in total. The summed E-state index contributed by atoms with van der Waals surface area (Å²) >= 11 is 0.